The van der Waals surface area contributed by atoms with Gasteiger partial charge in [0.1, 0.15) is 0 Å². The van der Waals surface area contributed by atoms with Crippen LogP contribution in [-0.4, -0.2) is 11.9 Å². The number of carboxylic acid groups (broad SMARTS) is 1. The van der Waals surface area contributed by atoms with E-state index in [-0.39, 0.29) is 17.2 Å². The minimum absolute atomic E-state index is 0.0680. The van der Waals surface area contributed by atoms with Gasteiger partial charge in [-0.3, -0.25) is 4.79 Å². The SMILES string of the molecule is Cc1ccc(C(=O)Nc2ccc(Br)cc2C(=O)[O-])cc1C. The predicted molar refractivity (Wildman–Crippen MR) is 82.3 cm³/mol. The number of halogens is 1. The van der Waals surface area contributed by atoms with Crippen molar-refractivity contribution in [3.63, 3.8) is 0 Å². The van der Waals surface area contributed by atoms with E-state index in [0.717, 1.165) is 11.1 Å². The third-order valence-corrected chi connectivity index (χ3v) is 3.71. The molecule has 0 aliphatic heterocycles. The maximum Gasteiger partial charge on any atom is 0.255 e. The lowest BCUT2D eigenvalue weighted by Crippen LogP contribution is -2.25. The number of rotatable bonds is 3. The number of hydrogen-bond donors (Lipinski definition) is 1. The normalized spacial score (nSPS) is 10.2. The summed E-state index contributed by atoms with van der Waals surface area (Å²) in [6.45, 7) is 3.87. The topological polar surface area (TPSA) is 69.2 Å². The molecule has 0 aromatic heterocycles. The monoisotopic (exact) mass is 346 g/mol. The first-order chi connectivity index (χ1) is 9.88. The van der Waals surface area contributed by atoms with Gasteiger partial charge in [0.15, 0.2) is 0 Å². The Bertz CT molecular complexity index is 725. The summed E-state index contributed by atoms with van der Waals surface area (Å²) < 4.78 is 0.603. The highest BCUT2D eigenvalue weighted by molar-refractivity contribution is 9.10. The van der Waals surface area contributed by atoms with Crippen LogP contribution in [0.2, 0.25) is 0 Å². The molecule has 0 aliphatic carbocycles. The van der Waals surface area contributed by atoms with Crippen molar-refractivity contribution < 1.29 is 14.7 Å². The van der Waals surface area contributed by atoms with Gasteiger partial charge >= 0.3 is 0 Å². The van der Waals surface area contributed by atoms with Crippen LogP contribution in [0.4, 0.5) is 5.69 Å². The number of aryl methyl sites for hydroxylation is 2. The number of benzene rings is 2. The number of hydrogen-bond acceptors (Lipinski definition) is 3. The fourth-order valence-electron chi connectivity index (χ4n) is 1.87. The molecular weight excluding hydrogens is 334 g/mol. The van der Waals surface area contributed by atoms with Crippen molar-refractivity contribution in [1.29, 1.82) is 0 Å². The lowest BCUT2D eigenvalue weighted by atomic mass is 10.1. The standard InChI is InChI=1S/C16H14BrNO3/c1-9-3-4-11(7-10(9)2)15(19)18-14-6-5-12(17)8-13(14)16(20)21/h3-8H,1-2H3,(H,18,19)(H,20,21)/p-1. The van der Waals surface area contributed by atoms with Crippen LogP contribution in [0.25, 0.3) is 0 Å². The molecule has 0 fully saturated rings. The van der Waals surface area contributed by atoms with Gasteiger partial charge < -0.3 is 15.2 Å². The minimum Gasteiger partial charge on any atom is -0.545 e. The van der Waals surface area contributed by atoms with Crippen molar-refractivity contribution in [2.45, 2.75) is 13.8 Å². The Hall–Kier alpha value is -2.14. The van der Waals surface area contributed by atoms with E-state index in [2.05, 4.69) is 21.2 Å². The summed E-state index contributed by atoms with van der Waals surface area (Å²) in [6, 6.07) is 9.89. The molecular formula is C16H13BrNO3-. The fourth-order valence-corrected chi connectivity index (χ4v) is 2.23. The molecule has 0 saturated carbocycles. The lowest BCUT2D eigenvalue weighted by molar-refractivity contribution is -0.254. The van der Waals surface area contributed by atoms with Crippen LogP contribution >= 0.6 is 15.9 Å². The molecule has 0 heterocycles. The van der Waals surface area contributed by atoms with Gasteiger partial charge in [0.25, 0.3) is 5.91 Å². The number of anilines is 1. The molecule has 21 heavy (non-hydrogen) atoms. The third-order valence-electron chi connectivity index (χ3n) is 3.22. The van der Waals surface area contributed by atoms with Crippen molar-refractivity contribution in [2.24, 2.45) is 0 Å². The second kappa shape index (κ2) is 6.10. The van der Waals surface area contributed by atoms with Gasteiger partial charge in [-0.25, -0.2) is 0 Å². The summed E-state index contributed by atoms with van der Waals surface area (Å²) in [4.78, 5) is 23.3. The summed E-state index contributed by atoms with van der Waals surface area (Å²) in [5.74, 6) is -1.70. The second-order valence-electron chi connectivity index (χ2n) is 4.73. The summed E-state index contributed by atoms with van der Waals surface area (Å²) in [5, 5.41) is 13.7. The zero-order valence-electron chi connectivity index (χ0n) is 11.6. The highest BCUT2D eigenvalue weighted by Gasteiger charge is 2.11. The molecule has 1 amide bonds. The highest BCUT2D eigenvalue weighted by atomic mass is 79.9. The molecule has 0 atom stereocenters. The van der Waals surface area contributed by atoms with Crippen molar-refractivity contribution in [3.05, 3.63) is 63.1 Å². The number of aromatic carboxylic acids is 1. The Morgan fingerprint density at radius 3 is 2.38 bits per heavy atom. The predicted octanol–water partition coefficient (Wildman–Crippen LogP) is 2.68. The van der Waals surface area contributed by atoms with Gasteiger partial charge in [0.05, 0.1) is 11.7 Å². The molecule has 0 spiro atoms. The van der Waals surface area contributed by atoms with Crippen LogP contribution in [-0.2, 0) is 0 Å². The van der Waals surface area contributed by atoms with Crippen LogP contribution < -0.4 is 10.4 Å². The molecule has 2 aromatic carbocycles. The minimum atomic E-state index is -1.34. The summed E-state index contributed by atoms with van der Waals surface area (Å²) >= 11 is 3.19. The quantitative estimate of drug-likeness (QED) is 0.928. The molecule has 0 bridgehead atoms. The Morgan fingerprint density at radius 2 is 1.76 bits per heavy atom. The molecule has 0 unspecified atom stereocenters. The van der Waals surface area contributed by atoms with E-state index in [0.29, 0.717) is 10.0 Å². The van der Waals surface area contributed by atoms with Crippen molar-refractivity contribution >= 4 is 33.5 Å². The zero-order chi connectivity index (χ0) is 15.6. The van der Waals surface area contributed by atoms with Crippen LogP contribution in [0.1, 0.15) is 31.8 Å². The smallest absolute Gasteiger partial charge is 0.255 e. The molecule has 2 aromatic rings. The summed E-state index contributed by atoms with van der Waals surface area (Å²) in [6.07, 6.45) is 0. The molecule has 0 radical (unpaired) electrons. The Labute approximate surface area is 130 Å². The van der Waals surface area contributed by atoms with Gasteiger partial charge in [0.2, 0.25) is 0 Å². The largest absolute Gasteiger partial charge is 0.545 e. The molecule has 1 N–H and O–H groups in total. The van der Waals surface area contributed by atoms with E-state index in [1.54, 1.807) is 18.2 Å². The van der Waals surface area contributed by atoms with Gasteiger partial charge in [-0.2, -0.15) is 0 Å². The van der Waals surface area contributed by atoms with E-state index in [4.69, 9.17) is 0 Å². The Morgan fingerprint density at radius 1 is 1.05 bits per heavy atom. The van der Waals surface area contributed by atoms with Crippen LogP contribution in [0, 0.1) is 13.8 Å². The van der Waals surface area contributed by atoms with Crippen LogP contribution in [0.5, 0.6) is 0 Å². The van der Waals surface area contributed by atoms with Gasteiger partial charge in [-0.1, -0.05) is 22.0 Å². The van der Waals surface area contributed by atoms with Gasteiger partial charge in [-0.15, -0.1) is 0 Å². The second-order valence-corrected chi connectivity index (χ2v) is 5.65. The van der Waals surface area contributed by atoms with E-state index in [9.17, 15) is 14.7 Å². The molecule has 5 heteroatoms. The lowest BCUT2D eigenvalue weighted by Gasteiger charge is -2.13. The first-order valence-electron chi connectivity index (χ1n) is 6.28. The summed E-state index contributed by atoms with van der Waals surface area (Å²) in [7, 11) is 0. The molecule has 108 valence electrons. The molecule has 4 nitrogen and oxygen atoms in total. The zero-order valence-corrected chi connectivity index (χ0v) is 13.2. The van der Waals surface area contributed by atoms with E-state index >= 15 is 0 Å². The molecule has 2 rings (SSSR count). The number of amides is 1. The average Bonchev–Trinajstić information content (AvgIpc) is 2.43. The third kappa shape index (κ3) is 3.49. The van der Waals surface area contributed by atoms with E-state index < -0.39 is 5.97 Å². The van der Waals surface area contributed by atoms with Crippen LogP contribution in [0.15, 0.2) is 40.9 Å². The first kappa shape index (κ1) is 15.3. The Kier molecular flexibility index (Phi) is 4.43. The maximum absolute atomic E-state index is 12.2. The van der Waals surface area contributed by atoms with E-state index in [1.165, 1.54) is 12.1 Å². The molecule has 0 aliphatic rings. The average molecular weight is 347 g/mol. The maximum atomic E-state index is 12.2. The first-order valence-corrected chi connectivity index (χ1v) is 7.07. The Balaban J connectivity index is 2.31. The number of nitrogens with one attached hydrogen (secondary N) is 1. The number of carbonyl (C=O) groups is 2. The van der Waals surface area contributed by atoms with Crippen molar-refractivity contribution in [2.75, 3.05) is 5.32 Å². The van der Waals surface area contributed by atoms with Crippen LogP contribution in [0.3, 0.4) is 0 Å². The highest BCUT2D eigenvalue weighted by Crippen LogP contribution is 2.21. The summed E-state index contributed by atoms with van der Waals surface area (Å²) in [5.41, 5.74) is 2.71. The van der Waals surface area contributed by atoms with Gasteiger partial charge in [-0.05, 0) is 55.3 Å². The van der Waals surface area contributed by atoms with E-state index in [1.807, 2.05) is 19.9 Å². The number of carboxylic acids is 1. The van der Waals surface area contributed by atoms with Crippen molar-refractivity contribution in [3.8, 4) is 0 Å². The molecule has 0 saturated heterocycles. The fraction of sp³-hybridized carbons (Fsp3) is 0.125. The van der Waals surface area contributed by atoms with Gasteiger partial charge in [0, 0.05) is 15.6 Å². The number of carbonyl (C=O) groups excluding carboxylic acids is 2. The van der Waals surface area contributed by atoms with Crippen molar-refractivity contribution in [1.82, 2.24) is 0 Å².